The molecule has 148 valence electrons. The topological polar surface area (TPSA) is 9.23 Å². The third-order valence-electron chi connectivity index (χ3n) is 5.68. The quantitative estimate of drug-likeness (QED) is 0.367. The van der Waals surface area contributed by atoms with Crippen LogP contribution in [0.15, 0.2) is 48.5 Å². The van der Waals surface area contributed by atoms with Gasteiger partial charge in [-0.05, 0) is 49.1 Å². The minimum absolute atomic E-state index is 0.196. The number of hydrogen-bond acceptors (Lipinski definition) is 1. The van der Waals surface area contributed by atoms with Gasteiger partial charge in [-0.25, -0.2) is 4.39 Å². The van der Waals surface area contributed by atoms with E-state index in [1.54, 1.807) is 19.2 Å². The van der Waals surface area contributed by atoms with Crippen LogP contribution in [0.3, 0.4) is 0 Å². The van der Waals surface area contributed by atoms with Crippen LogP contribution in [0, 0.1) is 5.82 Å². The molecule has 0 heterocycles. The monoisotopic (exact) mass is 370 g/mol. The average molecular weight is 371 g/mol. The molecule has 0 aliphatic heterocycles. The lowest BCUT2D eigenvalue weighted by atomic mass is 9.80. The Balaban J connectivity index is 2.08. The molecule has 0 saturated carbocycles. The van der Waals surface area contributed by atoms with Crippen LogP contribution in [-0.4, -0.2) is 12.7 Å². The van der Waals surface area contributed by atoms with Crippen molar-refractivity contribution in [1.29, 1.82) is 0 Å². The summed E-state index contributed by atoms with van der Waals surface area (Å²) in [4.78, 5) is 0. The van der Waals surface area contributed by atoms with E-state index in [-0.39, 0.29) is 11.4 Å². The molecule has 0 aliphatic rings. The predicted molar refractivity (Wildman–Crippen MR) is 114 cm³/mol. The van der Waals surface area contributed by atoms with Crippen LogP contribution in [-0.2, 0) is 4.74 Å². The van der Waals surface area contributed by atoms with Gasteiger partial charge in [0.1, 0.15) is 5.82 Å². The zero-order chi connectivity index (χ0) is 19.7. The van der Waals surface area contributed by atoms with E-state index in [1.807, 2.05) is 6.07 Å². The molecule has 2 heteroatoms. The summed E-state index contributed by atoms with van der Waals surface area (Å²) in [7, 11) is 1.80. The molecule has 1 nitrogen and oxygen atoms in total. The van der Waals surface area contributed by atoms with Gasteiger partial charge in [0.25, 0.3) is 0 Å². The van der Waals surface area contributed by atoms with E-state index in [4.69, 9.17) is 4.74 Å². The van der Waals surface area contributed by atoms with E-state index in [0.29, 0.717) is 5.92 Å². The van der Waals surface area contributed by atoms with Crippen LogP contribution >= 0.6 is 0 Å². The lowest BCUT2D eigenvalue weighted by molar-refractivity contribution is -0.00449. The van der Waals surface area contributed by atoms with Crippen LogP contribution in [0.25, 0.3) is 11.1 Å². The first-order chi connectivity index (χ1) is 13.0. The second-order valence-electron chi connectivity index (χ2n) is 8.05. The molecule has 0 radical (unpaired) electrons. The highest BCUT2D eigenvalue weighted by Crippen LogP contribution is 2.36. The summed E-state index contributed by atoms with van der Waals surface area (Å²) >= 11 is 0. The van der Waals surface area contributed by atoms with Gasteiger partial charge >= 0.3 is 0 Å². The van der Waals surface area contributed by atoms with Gasteiger partial charge < -0.3 is 4.74 Å². The molecule has 0 amide bonds. The molecular weight excluding hydrogens is 335 g/mol. The van der Waals surface area contributed by atoms with Crippen molar-refractivity contribution >= 4 is 0 Å². The summed E-state index contributed by atoms with van der Waals surface area (Å²) in [6.07, 6.45) is 8.95. The zero-order valence-corrected chi connectivity index (χ0v) is 17.4. The molecule has 1 unspecified atom stereocenters. The maximum atomic E-state index is 13.5. The fraction of sp³-hybridized carbons (Fsp3) is 0.520. The van der Waals surface area contributed by atoms with Crippen LogP contribution in [0.2, 0.25) is 0 Å². The van der Waals surface area contributed by atoms with Gasteiger partial charge in [-0.3, -0.25) is 0 Å². The normalized spacial score (nSPS) is 12.9. The van der Waals surface area contributed by atoms with Crippen molar-refractivity contribution in [3.8, 4) is 11.1 Å². The number of rotatable bonds is 11. The molecule has 2 aromatic carbocycles. The fourth-order valence-electron chi connectivity index (χ4n) is 3.76. The SMILES string of the molecule is CCCCCCCCC(c1ccc(-c2cccc(F)c2)cc1)C(C)(C)OC. The first-order valence-corrected chi connectivity index (χ1v) is 10.4. The van der Waals surface area contributed by atoms with Crippen LogP contribution in [0.5, 0.6) is 0 Å². The van der Waals surface area contributed by atoms with E-state index in [2.05, 4.69) is 45.0 Å². The van der Waals surface area contributed by atoms with Gasteiger partial charge in [0.2, 0.25) is 0 Å². The summed E-state index contributed by atoms with van der Waals surface area (Å²) in [6.45, 7) is 6.61. The third kappa shape index (κ3) is 6.46. The smallest absolute Gasteiger partial charge is 0.123 e. The standard InChI is InChI=1S/C25H35FO/c1-5-6-7-8-9-10-14-24(25(2,3)27-4)21-17-15-20(16-18-21)22-12-11-13-23(26)19-22/h11-13,15-19,24H,5-10,14H2,1-4H3. The van der Waals surface area contributed by atoms with Crippen LogP contribution in [0.1, 0.15) is 77.2 Å². The highest BCUT2D eigenvalue weighted by atomic mass is 19.1. The Morgan fingerprint density at radius 3 is 2.19 bits per heavy atom. The van der Waals surface area contributed by atoms with Crippen molar-refractivity contribution in [2.24, 2.45) is 0 Å². The van der Waals surface area contributed by atoms with Crippen molar-refractivity contribution in [2.75, 3.05) is 7.11 Å². The maximum absolute atomic E-state index is 13.5. The highest BCUT2D eigenvalue weighted by Gasteiger charge is 2.30. The first kappa shape index (κ1) is 21.6. The third-order valence-corrected chi connectivity index (χ3v) is 5.68. The van der Waals surface area contributed by atoms with Gasteiger partial charge in [-0.1, -0.05) is 81.8 Å². The summed E-state index contributed by atoms with van der Waals surface area (Å²) in [5.74, 6) is 0.160. The molecule has 0 aromatic heterocycles. The summed E-state index contributed by atoms with van der Waals surface area (Å²) in [5.41, 5.74) is 3.06. The molecule has 0 saturated heterocycles. The van der Waals surface area contributed by atoms with Crippen molar-refractivity contribution in [3.05, 3.63) is 59.9 Å². The molecule has 2 aromatic rings. The Morgan fingerprint density at radius 2 is 1.56 bits per heavy atom. The molecule has 0 bridgehead atoms. The van der Waals surface area contributed by atoms with E-state index in [1.165, 1.54) is 50.2 Å². The Bertz CT molecular complexity index is 675. The minimum atomic E-state index is -0.205. The highest BCUT2D eigenvalue weighted by molar-refractivity contribution is 5.63. The van der Waals surface area contributed by atoms with E-state index < -0.39 is 0 Å². The van der Waals surface area contributed by atoms with Crippen molar-refractivity contribution in [2.45, 2.75) is 77.2 Å². The Labute approximate surface area is 165 Å². The van der Waals surface area contributed by atoms with Gasteiger partial charge in [-0.2, -0.15) is 0 Å². The summed E-state index contributed by atoms with van der Waals surface area (Å²) in [5, 5.41) is 0. The summed E-state index contributed by atoms with van der Waals surface area (Å²) in [6, 6.07) is 15.3. The summed E-state index contributed by atoms with van der Waals surface area (Å²) < 4.78 is 19.3. The number of hydrogen-bond donors (Lipinski definition) is 0. The molecule has 0 spiro atoms. The molecule has 27 heavy (non-hydrogen) atoms. The Kier molecular flexibility index (Phi) is 8.50. The maximum Gasteiger partial charge on any atom is 0.123 e. The molecular formula is C25H35FO. The first-order valence-electron chi connectivity index (χ1n) is 10.4. The Morgan fingerprint density at radius 1 is 0.889 bits per heavy atom. The van der Waals surface area contributed by atoms with Crippen molar-refractivity contribution in [3.63, 3.8) is 0 Å². The fourth-order valence-corrected chi connectivity index (χ4v) is 3.76. The lowest BCUT2D eigenvalue weighted by Crippen LogP contribution is -2.31. The molecule has 1 atom stereocenters. The average Bonchev–Trinajstić information content (AvgIpc) is 2.67. The molecule has 2 rings (SSSR count). The van der Waals surface area contributed by atoms with Crippen molar-refractivity contribution < 1.29 is 9.13 Å². The van der Waals surface area contributed by atoms with E-state index in [0.717, 1.165) is 17.5 Å². The molecule has 0 N–H and O–H groups in total. The second-order valence-corrected chi connectivity index (χ2v) is 8.05. The van der Waals surface area contributed by atoms with Crippen LogP contribution < -0.4 is 0 Å². The lowest BCUT2D eigenvalue weighted by Gasteiger charge is -2.34. The van der Waals surface area contributed by atoms with Crippen LogP contribution in [0.4, 0.5) is 4.39 Å². The Hall–Kier alpha value is -1.67. The van der Waals surface area contributed by atoms with E-state index >= 15 is 0 Å². The number of methoxy groups -OCH3 is 1. The van der Waals surface area contributed by atoms with E-state index in [9.17, 15) is 4.39 Å². The number of unbranched alkanes of at least 4 members (excludes halogenated alkanes) is 5. The number of benzene rings is 2. The van der Waals surface area contributed by atoms with Gasteiger partial charge in [0.05, 0.1) is 5.60 Å². The predicted octanol–water partition coefficient (Wildman–Crippen LogP) is 7.75. The largest absolute Gasteiger partial charge is 0.378 e. The van der Waals surface area contributed by atoms with Gasteiger partial charge in [0.15, 0.2) is 0 Å². The van der Waals surface area contributed by atoms with Gasteiger partial charge in [0, 0.05) is 13.0 Å². The molecule has 0 fully saturated rings. The second kappa shape index (κ2) is 10.6. The van der Waals surface area contributed by atoms with Gasteiger partial charge in [-0.15, -0.1) is 0 Å². The zero-order valence-electron chi connectivity index (χ0n) is 17.4. The number of ether oxygens (including phenoxy) is 1. The number of halogens is 1. The minimum Gasteiger partial charge on any atom is -0.378 e. The van der Waals surface area contributed by atoms with Crippen molar-refractivity contribution in [1.82, 2.24) is 0 Å². The molecule has 0 aliphatic carbocycles.